The van der Waals surface area contributed by atoms with Crippen molar-refractivity contribution in [2.75, 3.05) is 6.61 Å². The fraction of sp³-hybridized carbons (Fsp3) is 0.944. The van der Waals surface area contributed by atoms with Gasteiger partial charge in [-0.25, -0.2) is 4.79 Å². The predicted octanol–water partition coefficient (Wildman–Crippen LogP) is 4.48. The van der Waals surface area contributed by atoms with Crippen LogP contribution in [-0.4, -0.2) is 23.8 Å². The van der Waals surface area contributed by atoms with Gasteiger partial charge in [-0.2, -0.15) is 0 Å². The Bertz CT molecular complexity index is 384. The van der Waals surface area contributed by atoms with Crippen LogP contribution in [0.4, 0.5) is 0 Å². The molecule has 122 valence electrons. The minimum atomic E-state index is -0.634. The third-order valence-electron chi connectivity index (χ3n) is 5.53. The highest BCUT2D eigenvalue weighted by atomic mass is 16.7. The van der Waals surface area contributed by atoms with Gasteiger partial charge in [-0.05, 0) is 50.4 Å². The van der Waals surface area contributed by atoms with E-state index < -0.39 is 5.60 Å². The van der Waals surface area contributed by atoms with Crippen molar-refractivity contribution in [1.29, 1.82) is 0 Å². The second kappa shape index (κ2) is 5.91. The van der Waals surface area contributed by atoms with E-state index in [-0.39, 0.29) is 11.6 Å². The van der Waals surface area contributed by atoms with Crippen LogP contribution in [-0.2, 0) is 14.3 Å². The molecule has 3 atom stereocenters. The minimum absolute atomic E-state index is 0.124. The summed E-state index contributed by atoms with van der Waals surface area (Å²) in [6.07, 6.45) is 7.35. The standard InChI is InChI=1S/C18H32O3/c1-6-11-18(15(19)20-7-2)17(21-18)12-8-9-14(10-13-17)16(3,4)5/h14H,6-13H2,1-5H3. The topological polar surface area (TPSA) is 38.8 Å². The largest absolute Gasteiger partial charge is 0.464 e. The summed E-state index contributed by atoms with van der Waals surface area (Å²) in [4.78, 5) is 12.4. The molecule has 2 aliphatic rings. The molecule has 1 aliphatic heterocycles. The molecule has 0 aromatic rings. The van der Waals surface area contributed by atoms with Crippen molar-refractivity contribution >= 4 is 5.97 Å². The second-order valence-corrected chi connectivity index (χ2v) is 7.89. The second-order valence-electron chi connectivity index (χ2n) is 7.89. The Labute approximate surface area is 129 Å². The van der Waals surface area contributed by atoms with Gasteiger partial charge in [0.2, 0.25) is 0 Å². The van der Waals surface area contributed by atoms with E-state index in [9.17, 15) is 4.79 Å². The summed E-state index contributed by atoms with van der Waals surface area (Å²) >= 11 is 0. The average molecular weight is 296 g/mol. The number of ether oxygens (including phenoxy) is 2. The molecule has 0 amide bonds. The predicted molar refractivity (Wildman–Crippen MR) is 84.1 cm³/mol. The number of esters is 1. The molecule has 3 nitrogen and oxygen atoms in total. The maximum Gasteiger partial charge on any atom is 0.341 e. The van der Waals surface area contributed by atoms with Crippen molar-refractivity contribution in [3.05, 3.63) is 0 Å². The lowest BCUT2D eigenvalue weighted by atomic mass is 9.76. The summed E-state index contributed by atoms with van der Waals surface area (Å²) in [5, 5.41) is 0. The van der Waals surface area contributed by atoms with Crippen LogP contribution in [0, 0.1) is 11.3 Å². The Morgan fingerprint density at radius 1 is 1.24 bits per heavy atom. The van der Waals surface area contributed by atoms with Gasteiger partial charge in [-0.3, -0.25) is 0 Å². The van der Waals surface area contributed by atoms with Crippen molar-refractivity contribution in [2.24, 2.45) is 11.3 Å². The van der Waals surface area contributed by atoms with Gasteiger partial charge in [-0.15, -0.1) is 0 Å². The van der Waals surface area contributed by atoms with E-state index >= 15 is 0 Å². The van der Waals surface area contributed by atoms with Gasteiger partial charge >= 0.3 is 5.97 Å². The smallest absolute Gasteiger partial charge is 0.341 e. The molecule has 21 heavy (non-hydrogen) atoms. The first-order chi connectivity index (χ1) is 9.81. The van der Waals surface area contributed by atoms with E-state index in [4.69, 9.17) is 9.47 Å². The lowest BCUT2D eigenvalue weighted by Crippen LogP contribution is -2.36. The van der Waals surface area contributed by atoms with E-state index in [2.05, 4.69) is 27.7 Å². The first-order valence-electron chi connectivity index (χ1n) is 8.69. The van der Waals surface area contributed by atoms with Gasteiger partial charge in [0, 0.05) is 0 Å². The Kier molecular flexibility index (Phi) is 4.72. The first-order valence-corrected chi connectivity index (χ1v) is 8.69. The summed E-state index contributed by atoms with van der Waals surface area (Å²) in [6.45, 7) is 11.4. The number of rotatable bonds is 4. The van der Waals surface area contributed by atoms with Crippen LogP contribution in [0.1, 0.15) is 79.6 Å². The molecule has 1 aliphatic carbocycles. The van der Waals surface area contributed by atoms with Crippen LogP contribution < -0.4 is 0 Å². The Morgan fingerprint density at radius 3 is 2.52 bits per heavy atom. The van der Waals surface area contributed by atoms with Gasteiger partial charge in [0.15, 0.2) is 5.60 Å². The molecule has 1 saturated carbocycles. The summed E-state index contributed by atoms with van der Waals surface area (Å²) < 4.78 is 11.5. The van der Waals surface area contributed by atoms with Crippen LogP contribution in [0.5, 0.6) is 0 Å². The van der Waals surface area contributed by atoms with Crippen molar-refractivity contribution in [1.82, 2.24) is 0 Å². The van der Waals surface area contributed by atoms with E-state index in [1.165, 1.54) is 6.42 Å². The summed E-state index contributed by atoms with van der Waals surface area (Å²) in [7, 11) is 0. The van der Waals surface area contributed by atoms with E-state index in [0.717, 1.165) is 44.4 Å². The highest BCUT2D eigenvalue weighted by molar-refractivity contribution is 5.85. The van der Waals surface area contributed by atoms with Crippen molar-refractivity contribution in [3.63, 3.8) is 0 Å². The van der Waals surface area contributed by atoms with Crippen LogP contribution in [0.15, 0.2) is 0 Å². The number of epoxide rings is 1. The normalized spacial score (nSPS) is 36.3. The molecule has 3 heteroatoms. The summed E-state index contributed by atoms with van der Waals surface area (Å²) in [5.41, 5.74) is -0.516. The van der Waals surface area contributed by atoms with Gasteiger partial charge < -0.3 is 9.47 Å². The average Bonchev–Trinajstić information content (AvgIpc) is 3.08. The van der Waals surface area contributed by atoms with Crippen LogP contribution in [0.3, 0.4) is 0 Å². The molecular weight excluding hydrogens is 264 g/mol. The highest BCUT2D eigenvalue weighted by Gasteiger charge is 2.74. The van der Waals surface area contributed by atoms with Crippen molar-refractivity contribution in [2.45, 2.75) is 90.8 Å². The van der Waals surface area contributed by atoms with Gasteiger partial charge in [-0.1, -0.05) is 40.5 Å². The van der Waals surface area contributed by atoms with Gasteiger partial charge in [0.05, 0.1) is 6.61 Å². The van der Waals surface area contributed by atoms with E-state index in [0.29, 0.717) is 12.0 Å². The Balaban J connectivity index is 2.11. The zero-order valence-electron chi connectivity index (χ0n) is 14.5. The quantitative estimate of drug-likeness (QED) is 0.567. The number of carbonyl (C=O) groups excluding carboxylic acids is 1. The molecule has 0 aromatic carbocycles. The first kappa shape index (κ1) is 16.8. The van der Waals surface area contributed by atoms with Crippen molar-refractivity contribution < 1.29 is 14.3 Å². The van der Waals surface area contributed by atoms with Crippen LogP contribution in [0.2, 0.25) is 0 Å². The third kappa shape index (κ3) is 2.99. The van der Waals surface area contributed by atoms with Gasteiger partial charge in [0.1, 0.15) is 5.60 Å². The molecule has 0 bridgehead atoms. The van der Waals surface area contributed by atoms with Gasteiger partial charge in [0.25, 0.3) is 0 Å². The zero-order chi connectivity index (χ0) is 15.7. The maximum absolute atomic E-state index is 12.4. The zero-order valence-corrected chi connectivity index (χ0v) is 14.5. The molecule has 2 rings (SSSR count). The Hall–Kier alpha value is -0.570. The third-order valence-corrected chi connectivity index (χ3v) is 5.53. The molecule has 1 saturated heterocycles. The molecule has 0 N–H and O–H groups in total. The SMILES string of the molecule is CCCC1(C(=O)OCC)OC12CCCC(C(C)(C)C)CC2. The highest BCUT2D eigenvalue weighted by Crippen LogP contribution is 2.60. The maximum atomic E-state index is 12.4. The lowest BCUT2D eigenvalue weighted by Gasteiger charge is -2.29. The fourth-order valence-electron chi connectivity index (χ4n) is 4.20. The Morgan fingerprint density at radius 2 is 1.95 bits per heavy atom. The number of hydrogen-bond donors (Lipinski definition) is 0. The molecule has 2 fully saturated rings. The summed E-state index contributed by atoms with van der Waals surface area (Å²) in [5.74, 6) is 0.601. The molecule has 3 unspecified atom stereocenters. The molecule has 1 spiro atoms. The monoisotopic (exact) mass is 296 g/mol. The fourth-order valence-corrected chi connectivity index (χ4v) is 4.20. The molecular formula is C18H32O3. The number of hydrogen-bond acceptors (Lipinski definition) is 3. The van der Waals surface area contributed by atoms with E-state index in [1.807, 2.05) is 6.92 Å². The minimum Gasteiger partial charge on any atom is -0.464 e. The lowest BCUT2D eigenvalue weighted by molar-refractivity contribution is -0.149. The van der Waals surface area contributed by atoms with E-state index in [1.54, 1.807) is 0 Å². The van der Waals surface area contributed by atoms with Crippen molar-refractivity contribution in [3.8, 4) is 0 Å². The molecule has 0 aromatic heterocycles. The number of carbonyl (C=O) groups is 1. The molecule has 0 radical (unpaired) electrons. The van der Waals surface area contributed by atoms with Crippen LogP contribution in [0.25, 0.3) is 0 Å². The molecule has 1 heterocycles. The van der Waals surface area contributed by atoms with Crippen LogP contribution >= 0.6 is 0 Å². The summed E-state index contributed by atoms with van der Waals surface area (Å²) in [6, 6.07) is 0.